The van der Waals surface area contributed by atoms with Crippen molar-refractivity contribution in [2.24, 2.45) is 0 Å². The Morgan fingerprint density at radius 3 is 2.52 bits per heavy atom. The first-order valence-electron chi connectivity index (χ1n) is 7.99. The molecule has 8 heteroatoms. The molecule has 1 aliphatic rings. The van der Waals surface area contributed by atoms with Crippen LogP contribution < -0.4 is 9.62 Å². The summed E-state index contributed by atoms with van der Waals surface area (Å²) in [6.45, 7) is 6.96. The number of carbonyl (C=O) groups is 2. The third kappa shape index (κ3) is 4.72. The molecule has 138 valence electrons. The standard InChI is InChI=1S/C17H24N2O5S/c1-11-8-13-9-12(6-7-14(13)19(11)25(5,22)23)16(21)24-10-15(20)18-17(2,3)4/h6-7,9,11H,8,10H2,1-5H3,(H,18,20). The average Bonchev–Trinajstić information content (AvgIpc) is 2.77. The summed E-state index contributed by atoms with van der Waals surface area (Å²) in [5.74, 6) is -0.990. The molecule has 0 saturated carbocycles. The fourth-order valence-electron chi connectivity index (χ4n) is 2.90. The highest BCUT2D eigenvalue weighted by Crippen LogP contribution is 2.34. The summed E-state index contributed by atoms with van der Waals surface area (Å²) in [6, 6.07) is 4.54. The number of amides is 1. The van der Waals surface area contributed by atoms with Crippen molar-refractivity contribution in [2.75, 3.05) is 17.2 Å². The maximum Gasteiger partial charge on any atom is 0.338 e. The van der Waals surface area contributed by atoms with E-state index in [9.17, 15) is 18.0 Å². The quantitative estimate of drug-likeness (QED) is 0.813. The van der Waals surface area contributed by atoms with E-state index in [1.807, 2.05) is 27.7 Å². The molecule has 1 aromatic carbocycles. The molecule has 25 heavy (non-hydrogen) atoms. The summed E-state index contributed by atoms with van der Waals surface area (Å²) in [4.78, 5) is 23.9. The summed E-state index contributed by atoms with van der Waals surface area (Å²) in [7, 11) is -3.37. The second-order valence-electron chi connectivity index (χ2n) is 7.33. The van der Waals surface area contributed by atoms with Crippen molar-refractivity contribution < 1.29 is 22.7 Å². The molecule has 0 fully saturated rings. The normalized spacial score (nSPS) is 17.2. The van der Waals surface area contributed by atoms with E-state index >= 15 is 0 Å². The van der Waals surface area contributed by atoms with E-state index in [-0.39, 0.29) is 18.6 Å². The highest BCUT2D eigenvalue weighted by Gasteiger charge is 2.33. The van der Waals surface area contributed by atoms with Gasteiger partial charge >= 0.3 is 5.97 Å². The maximum atomic E-state index is 12.1. The summed E-state index contributed by atoms with van der Waals surface area (Å²) in [6.07, 6.45) is 1.68. The largest absolute Gasteiger partial charge is 0.452 e. The summed E-state index contributed by atoms with van der Waals surface area (Å²) in [5, 5.41) is 2.71. The molecule has 1 aliphatic heterocycles. The molecule has 0 aromatic heterocycles. The number of rotatable bonds is 4. The van der Waals surface area contributed by atoms with Crippen LogP contribution in [0.25, 0.3) is 0 Å². The van der Waals surface area contributed by atoms with E-state index in [0.717, 1.165) is 11.8 Å². The number of carbonyl (C=O) groups excluding carboxylic acids is 2. The predicted octanol–water partition coefficient (Wildman–Crippen LogP) is 1.47. The lowest BCUT2D eigenvalue weighted by molar-refractivity contribution is -0.125. The van der Waals surface area contributed by atoms with Crippen LogP contribution in [-0.2, 0) is 26.0 Å². The summed E-state index contributed by atoms with van der Waals surface area (Å²) in [5.41, 5.74) is 1.25. The molecule has 0 spiro atoms. The fraction of sp³-hybridized carbons (Fsp3) is 0.529. The van der Waals surface area contributed by atoms with Gasteiger partial charge in [-0.25, -0.2) is 13.2 Å². The van der Waals surface area contributed by atoms with E-state index < -0.39 is 21.5 Å². The van der Waals surface area contributed by atoms with Crippen molar-refractivity contribution in [3.8, 4) is 0 Å². The van der Waals surface area contributed by atoms with E-state index in [4.69, 9.17) is 4.74 Å². The van der Waals surface area contributed by atoms with Crippen LogP contribution in [-0.4, -0.2) is 44.7 Å². The van der Waals surface area contributed by atoms with Gasteiger partial charge in [-0.3, -0.25) is 9.10 Å². The smallest absolute Gasteiger partial charge is 0.338 e. The van der Waals surface area contributed by atoms with Gasteiger partial charge < -0.3 is 10.1 Å². The summed E-state index contributed by atoms with van der Waals surface area (Å²) < 4.78 is 30.2. The molecule has 0 aliphatic carbocycles. The minimum absolute atomic E-state index is 0.200. The number of nitrogens with one attached hydrogen (secondary N) is 1. The fourth-order valence-corrected chi connectivity index (χ4v) is 4.17. The van der Waals surface area contributed by atoms with Crippen LogP contribution in [0.5, 0.6) is 0 Å². The Balaban J connectivity index is 2.09. The van der Waals surface area contributed by atoms with Gasteiger partial charge in [0.25, 0.3) is 5.91 Å². The number of hydrogen-bond donors (Lipinski definition) is 1. The topological polar surface area (TPSA) is 92.8 Å². The molecule has 1 heterocycles. The number of esters is 1. The van der Waals surface area contributed by atoms with Gasteiger partial charge in [0, 0.05) is 11.6 Å². The lowest BCUT2D eigenvalue weighted by atomic mass is 10.1. The number of benzene rings is 1. The Kier molecular flexibility index (Phi) is 5.13. The molecule has 2 rings (SSSR count). The summed E-state index contributed by atoms with van der Waals surface area (Å²) >= 11 is 0. The van der Waals surface area contributed by atoms with Gasteiger partial charge in [0.15, 0.2) is 6.61 Å². The van der Waals surface area contributed by atoms with Crippen molar-refractivity contribution in [3.05, 3.63) is 29.3 Å². The molecular formula is C17H24N2O5S. The highest BCUT2D eigenvalue weighted by atomic mass is 32.2. The van der Waals surface area contributed by atoms with Crippen LogP contribution in [0.4, 0.5) is 5.69 Å². The van der Waals surface area contributed by atoms with Gasteiger partial charge in [-0.1, -0.05) is 0 Å². The minimum Gasteiger partial charge on any atom is -0.452 e. The molecule has 0 bridgehead atoms. The monoisotopic (exact) mass is 368 g/mol. The molecule has 0 saturated heterocycles. The van der Waals surface area contributed by atoms with Crippen LogP contribution in [0.2, 0.25) is 0 Å². The zero-order valence-electron chi connectivity index (χ0n) is 15.1. The molecule has 7 nitrogen and oxygen atoms in total. The number of ether oxygens (including phenoxy) is 1. The second-order valence-corrected chi connectivity index (χ2v) is 9.19. The Hall–Kier alpha value is -2.09. The van der Waals surface area contributed by atoms with Gasteiger partial charge in [0.05, 0.1) is 17.5 Å². The second kappa shape index (κ2) is 6.67. The predicted molar refractivity (Wildman–Crippen MR) is 95.1 cm³/mol. The third-order valence-electron chi connectivity index (χ3n) is 3.67. The van der Waals surface area contributed by atoms with Crippen molar-refractivity contribution >= 4 is 27.6 Å². The van der Waals surface area contributed by atoms with E-state index in [1.54, 1.807) is 12.1 Å². The number of fused-ring (bicyclic) bond motifs is 1. The van der Waals surface area contributed by atoms with Crippen LogP contribution in [0.15, 0.2) is 18.2 Å². The van der Waals surface area contributed by atoms with Crippen molar-refractivity contribution in [2.45, 2.75) is 45.7 Å². The molecule has 1 amide bonds. The lowest BCUT2D eigenvalue weighted by Crippen LogP contribution is -2.42. The zero-order chi connectivity index (χ0) is 19.0. The molecule has 1 unspecified atom stereocenters. The molecular weight excluding hydrogens is 344 g/mol. The first kappa shape index (κ1) is 19.2. The van der Waals surface area contributed by atoms with Crippen molar-refractivity contribution in [1.29, 1.82) is 0 Å². The first-order chi connectivity index (χ1) is 11.4. The molecule has 1 atom stereocenters. The Morgan fingerprint density at radius 1 is 1.32 bits per heavy atom. The van der Waals surface area contributed by atoms with Crippen LogP contribution in [0.1, 0.15) is 43.6 Å². The SMILES string of the molecule is CC1Cc2cc(C(=O)OCC(=O)NC(C)(C)C)ccc2N1S(C)(=O)=O. The minimum atomic E-state index is -3.37. The van der Waals surface area contributed by atoms with Crippen molar-refractivity contribution in [1.82, 2.24) is 5.32 Å². The van der Waals surface area contributed by atoms with Gasteiger partial charge in [-0.15, -0.1) is 0 Å². The Bertz CT molecular complexity index is 796. The first-order valence-corrected chi connectivity index (χ1v) is 9.84. The molecule has 0 radical (unpaired) electrons. The van der Waals surface area contributed by atoms with Gasteiger partial charge in [-0.2, -0.15) is 0 Å². The zero-order valence-corrected chi connectivity index (χ0v) is 15.9. The van der Waals surface area contributed by atoms with Gasteiger partial charge in [-0.05, 0) is 57.9 Å². The number of sulfonamides is 1. The number of hydrogen-bond acceptors (Lipinski definition) is 5. The van der Waals surface area contributed by atoms with E-state index in [1.165, 1.54) is 10.4 Å². The number of nitrogens with zero attached hydrogens (tertiary/aromatic N) is 1. The van der Waals surface area contributed by atoms with Crippen LogP contribution >= 0.6 is 0 Å². The lowest BCUT2D eigenvalue weighted by Gasteiger charge is -2.22. The van der Waals surface area contributed by atoms with Crippen LogP contribution in [0, 0.1) is 0 Å². The molecule has 1 aromatic rings. The van der Waals surface area contributed by atoms with E-state index in [2.05, 4.69) is 5.32 Å². The van der Waals surface area contributed by atoms with Gasteiger partial charge in [0.2, 0.25) is 10.0 Å². The average molecular weight is 368 g/mol. The number of anilines is 1. The molecule has 1 N–H and O–H groups in total. The maximum absolute atomic E-state index is 12.1. The van der Waals surface area contributed by atoms with Crippen LogP contribution in [0.3, 0.4) is 0 Å². The Labute approximate surface area is 148 Å². The van der Waals surface area contributed by atoms with E-state index in [0.29, 0.717) is 17.7 Å². The van der Waals surface area contributed by atoms with Gasteiger partial charge in [0.1, 0.15) is 0 Å². The highest BCUT2D eigenvalue weighted by molar-refractivity contribution is 7.92. The Morgan fingerprint density at radius 2 is 1.96 bits per heavy atom. The third-order valence-corrected chi connectivity index (χ3v) is 4.95. The van der Waals surface area contributed by atoms with Crippen molar-refractivity contribution in [3.63, 3.8) is 0 Å².